The number of thiophene rings is 1. The van der Waals surface area contributed by atoms with Gasteiger partial charge in [0.05, 0.1) is 16.5 Å². The number of hydrogen-bond donors (Lipinski definition) is 0. The summed E-state index contributed by atoms with van der Waals surface area (Å²) in [5.74, 6) is 0.211. The minimum absolute atomic E-state index is 0.0463. The summed E-state index contributed by atoms with van der Waals surface area (Å²) >= 11 is 13.4. The standard InChI is InChI=1S/C23H19Cl2N3O4S2/c1-15-4-9-33-22(15)23(29)27-5-7-28(8-6-27)34(30,31)21-10-16(14-26)2-3-20(21)32-19-12-17(24)11-18(25)13-19/h2-4,9-13H,5-8H2,1H3. The molecule has 3 aromatic rings. The molecule has 1 aromatic heterocycles. The minimum Gasteiger partial charge on any atom is -0.456 e. The van der Waals surface area contributed by atoms with Crippen LogP contribution < -0.4 is 4.74 Å². The predicted octanol–water partition coefficient (Wildman–Crippen LogP) is 5.17. The number of halogens is 2. The van der Waals surface area contributed by atoms with Crippen molar-refractivity contribution in [2.24, 2.45) is 0 Å². The van der Waals surface area contributed by atoms with E-state index in [0.717, 1.165) is 5.56 Å². The van der Waals surface area contributed by atoms with Gasteiger partial charge in [-0.15, -0.1) is 11.3 Å². The molecule has 2 heterocycles. The van der Waals surface area contributed by atoms with E-state index in [1.807, 2.05) is 24.4 Å². The van der Waals surface area contributed by atoms with Crippen LogP contribution in [0.4, 0.5) is 0 Å². The number of rotatable bonds is 5. The lowest BCUT2D eigenvalue weighted by atomic mass is 10.2. The molecular weight excluding hydrogens is 517 g/mol. The first-order chi connectivity index (χ1) is 16.2. The highest BCUT2D eigenvalue weighted by molar-refractivity contribution is 7.89. The highest BCUT2D eigenvalue weighted by Crippen LogP contribution is 2.34. The second kappa shape index (κ2) is 9.94. The predicted molar refractivity (Wildman–Crippen MR) is 131 cm³/mol. The Balaban J connectivity index is 1.59. The van der Waals surface area contributed by atoms with Gasteiger partial charge in [0, 0.05) is 36.2 Å². The van der Waals surface area contributed by atoms with Crippen molar-refractivity contribution < 1.29 is 17.9 Å². The van der Waals surface area contributed by atoms with Gasteiger partial charge < -0.3 is 9.64 Å². The third-order valence-corrected chi connectivity index (χ3v) is 8.70. The van der Waals surface area contributed by atoms with Gasteiger partial charge in [-0.25, -0.2) is 8.42 Å². The van der Waals surface area contributed by atoms with Crippen LogP contribution in [-0.4, -0.2) is 49.7 Å². The van der Waals surface area contributed by atoms with Crippen LogP contribution in [0.15, 0.2) is 52.7 Å². The van der Waals surface area contributed by atoms with Crippen molar-refractivity contribution in [2.45, 2.75) is 11.8 Å². The maximum absolute atomic E-state index is 13.5. The molecule has 2 aromatic carbocycles. The highest BCUT2D eigenvalue weighted by atomic mass is 35.5. The van der Waals surface area contributed by atoms with Gasteiger partial charge in [0.1, 0.15) is 16.4 Å². The number of benzene rings is 2. The fourth-order valence-corrected chi connectivity index (χ4v) is 6.54. The SMILES string of the molecule is Cc1ccsc1C(=O)N1CCN(S(=O)(=O)c2cc(C#N)ccc2Oc2cc(Cl)cc(Cl)c2)CC1. The first kappa shape index (κ1) is 24.5. The smallest absolute Gasteiger partial charge is 0.264 e. The van der Waals surface area contributed by atoms with E-state index in [-0.39, 0.29) is 54.0 Å². The maximum Gasteiger partial charge on any atom is 0.264 e. The molecule has 1 aliphatic heterocycles. The number of piperazine rings is 1. The zero-order chi connectivity index (χ0) is 24.5. The van der Waals surface area contributed by atoms with Crippen LogP contribution in [0.1, 0.15) is 20.8 Å². The van der Waals surface area contributed by atoms with Crippen molar-refractivity contribution in [1.29, 1.82) is 5.26 Å². The molecule has 0 bridgehead atoms. The number of carbonyl (C=O) groups excluding carboxylic acids is 1. The second-order valence-corrected chi connectivity index (χ2v) is 11.3. The molecule has 7 nitrogen and oxygen atoms in total. The lowest BCUT2D eigenvalue weighted by Crippen LogP contribution is -2.50. The quantitative estimate of drug-likeness (QED) is 0.449. The van der Waals surface area contributed by atoms with Gasteiger partial charge in [-0.1, -0.05) is 23.2 Å². The molecule has 0 atom stereocenters. The largest absolute Gasteiger partial charge is 0.456 e. The Labute approximate surface area is 211 Å². The molecule has 1 aliphatic rings. The topological polar surface area (TPSA) is 90.7 Å². The molecule has 0 saturated carbocycles. The summed E-state index contributed by atoms with van der Waals surface area (Å²) in [4.78, 5) is 15.0. The van der Waals surface area contributed by atoms with E-state index >= 15 is 0 Å². The van der Waals surface area contributed by atoms with E-state index in [4.69, 9.17) is 27.9 Å². The molecule has 0 spiro atoms. The molecule has 176 valence electrons. The number of hydrogen-bond acceptors (Lipinski definition) is 6. The normalized spacial score (nSPS) is 14.6. The Kier molecular flexibility index (Phi) is 7.17. The molecule has 0 unspecified atom stereocenters. The first-order valence-electron chi connectivity index (χ1n) is 10.2. The zero-order valence-electron chi connectivity index (χ0n) is 18.0. The molecule has 34 heavy (non-hydrogen) atoms. The molecule has 1 fully saturated rings. The summed E-state index contributed by atoms with van der Waals surface area (Å²) in [6.45, 7) is 2.64. The molecule has 1 saturated heterocycles. The average Bonchev–Trinajstić information content (AvgIpc) is 3.24. The van der Waals surface area contributed by atoms with Crippen LogP contribution in [0, 0.1) is 18.3 Å². The molecular formula is C23H19Cl2N3O4S2. The summed E-state index contributed by atoms with van der Waals surface area (Å²) < 4.78 is 34.2. The van der Waals surface area contributed by atoms with E-state index in [9.17, 15) is 18.5 Å². The average molecular weight is 536 g/mol. The van der Waals surface area contributed by atoms with Crippen molar-refractivity contribution >= 4 is 50.5 Å². The van der Waals surface area contributed by atoms with Crippen molar-refractivity contribution in [3.63, 3.8) is 0 Å². The van der Waals surface area contributed by atoms with Crippen LogP contribution in [0.5, 0.6) is 11.5 Å². The number of amides is 1. The first-order valence-corrected chi connectivity index (χ1v) is 13.3. The van der Waals surface area contributed by atoms with E-state index < -0.39 is 10.0 Å². The minimum atomic E-state index is -4.02. The Morgan fingerprint density at radius 2 is 1.74 bits per heavy atom. The number of aryl methyl sites for hydroxylation is 1. The number of nitriles is 1. The maximum atomic E-state index is 13.5. The zero-order valence-corrected chi connectivity index (χ0v) is 21.1. The van der Waals surface area contributed by atoms with Crippen molar-refractivity contribution in [1.82, 2.24) is 9.21 Å². The molecule has 0 aliphatic carbocycles. The van der Waals surface area contributed by atoms with Gasteiger partial charge in [-0.3, -0.25) is 4.79 Å². The van der Waals surface area contributed by atoms with Crippen molar-refractivity contribution in [2.75, 3.05) is 26.2 Å². The molecule has 11 heteroatoms. The van der Waals surface area contributed by atoms with Gasteiger partial charge in [0.25, 0.3) is 5.91 Å². The fourth-order valence-electron chi connectivity index (χ4n) is 3.58. The van der Waals surface area contributed by atoms with Gasteiger partial charge in [0.2, 0.25) is 10.0 Å². The van der Waals surface area contributed by atoms with E-state index in [1.165, 1.54) is 52.0 Å². The second-order valence-electron chi connectivity index (χ2n) is 7.61. The highest BCUT2D eigenvalue weighted by Gasteiger charge is 2.33. The Morgan fingerprint density at radius 3 is 2.32 bits per heavy atom. The van der Waals surface area contributed by atoms with Crippen LogP contribution in [-0.2, 0) is 10.0 Å². The third kappa shape index (κ3) is 5.06. The summed E-state index contributed by atoms with van der Waals surface area (Å²) in [7, 11) is -4.02. The van der Waals surface area contributed by atoms with E-state index in [0.29, 0.717) is 14.9 Å². The number of ether oxygens (including phenoxy) is 1. The number of carbonyl (C=O) groups is 1. The number of nitrogens with zero attached hydrogens (tertiary/aromatic N) is 3. The lowest BCUT2D eigenvalue weighted by Gasteiger charge is -2.34. The van der Waals surface area contributed by atoms with Crippen molar-refractivity contribution in [3.05, 3.63) is 73.9 Å². The van der Waals surface area contributed by atoms with Gasteiger partial charge in [-0.05, 0) is 60.3 Å². The molecule has 0 radical (unpaired) electrons. The van der Waals surface area contributed by atoms with Crippen LogP contribution in [0.3, 0.4) is 0 Å². The monoisotopic (exact) mass is 535 g/mol. The summed E-state index contributed by atoms with van der Waals surface area (Å²) in [5, 5.41) is 11.9. The van der Waals surface area contributed by atoms with Gasteiger partial charge in [0.15, 0.2) is 0 Å². The Morgan fingerprint density at radius 1 is 1.06 bits per heavy atom. The fraction of sp³-hybridized carbons (Fsp3) is 0.217. The summed E-state index contributed by atoms with van der Waals surface area (Å²) in [6, 6.07) is 12.6. The summed E-state index contributed by atoms with van der Waals surface area (Å²) in [5.41, 5.74) is 1.08. The number of sulfonamides is 1. The van der Waals surface area contributed by atoms with E-state index in [1.54, 1.807) is 4.90 Å². The van der Waals surface area contributed by atoms with Crippen LogP contribution in [0.25, 0.3) is 0 Å². The lowest BCUT2D eigenvalue weighted by molar-refractivity contribution is 0.0702. The third-order valence-electron chi connectivity index (χ3n) is 5.34. The van der Waals surface area contributed by atoms with E-state index in [2.05, 4.69) is 0 Å². The Bertz CT molecular complexity index is 1370. The van der Waals surface area contributed by atoms with Crippen molar-refractivity contribution in [3.8, 4) is 17.6 Å². The van der Waals surface area contributed by atoms with Gasteiger partial charge >= 0.3 is 0 Å². The van der Waals surface area contributed by atoms with Crippen LogP contribution >= 0.6 is 34.5 Å². The van der Waals surface area contributed by atoms with Gasteiger partial charge in [-0.2, -0.15) is 9.57 Å². The van der Waals surface area contributed by atoms with Crippen LogP contribution in [0.2, 0.25) is 10.0 Å². The molecule has 0 N–H and O–H groups in total. The molecule has 4 rings (SSSR count). The Hall–Kier alpha value is -2.61. The molecule has 1 amide bonds. The summed E-state index contributed by atoms with van der Waals surface area (Å²) in [6.07, 6.45) is 0.